The summed E-state index contributed by atoms with van der Waals surface area (Å²) in [5, 5.41) is 13.9. The number of carbonyl (C=O) groups is 1. The number of aliphatic hydroxyl groups is 1. The van der Waals surface area contributed by atoms with Gasteiger partial charge in [-0.05, 0) is 83.5 Å². The highest BCUT2D eigenvalue weighted by Crippen LogP contribution is 2.43. The Morgan fingerprint density at radius 2 is 0.836 bits per heavy atom. The Bertz CT molecular complexity index is 1510. The molecule has 0 saturated carbocycles. The van der Waals surface area contributed by atoms with Crippen molar-refractivity contribution in [3.8, 4) is 0 Å². The summed E-state index contributed by atoms with van der Waals surface area (Å²) in [6, 6.07) is -0.885. The minimum Gasteiger partial charge on any atom is -0.387 e. The van der Waals surface area contributed by atoms with Gasteiger partial charge in [-0.15, -0.1) is 0 Å². The highest BCUT2D eigenvalue weighted by Gasteiger charge is 2.27. The first kappa shape index (κ1) is 70.4. The number of unbranched alkanes of at least 4 members (excludes halogenated alkanes) is 27. The van der Waals surface area contributed by atoms with Crippen molar-refractivity contribution in [3.63, 3.8) is 0 Å². The zero-order valence-corrected chi connectivity index (χ0v) is 49.0. The van der Waals surface area contributed by atoms with E-state index >= 15 is 0 Å². The molecule has 0 spiro atoms. The van der Waals surface area contributed by atoms with Crippen molar-refractivity contribution in [2.24, 2.45) is 0 Å². The van der Waals surface area contributed by atoms with E-state index in [1.54, 1.807) is 6.08 Å². The molecular weight excluding hydrogens is 924 g/mol. The first-order valence-electron chi connectivity index (χ1n) is 30.1. The van der Waals surface area contributed by atoms with E-state index in [0.29, 0.717) is 17.4 Å². The van der Waals surface area contributed by atoms with Crippen LogP contribution in [0, 0.1) is 0 Å². The number of likely N-dealkylation sites (N-methyl/N-ethyl adjacent to an activating group) is 1. The van der Waals surface area contributed by atoms with E-state index in [1.165, 1.54) is 141 Å². The largest absolute Gasteiger partial charge is 0.472 e. The molecule has 73 heavy (non-hydrogen) atoms. The van der Waals surface area contributed by atoms with E-state index in [-0.39, 0.29) is 19.1 Å². The number of allylic oxidation sites excluding steroid dienone is 15. The monoisotopic (exact) mass is 1040 g/mol. The summed E-state index contributed by atoms with van der Waals surface area (Å²) in [6.07, 6.45) is 78.1. The van der Waals surface area contributed by atoms with Gasteiger partial charge in [0.2, 0.25) is 5.91 Å². The van der Waals surface area contributed by atoms with Crippen molar-refractivity contribution in [2.75, 3.05) is 40.9 Å². The highest BCUT2D eigenvalue weighted by atomic mass is 31.2. The molecule has 0 rings (SSSR count). The molecule has 1 amide bonds. The second-order valence-corrected chi connectivity index (χ2v) is 22.8. The van der Waals surface area contributed by atoms with Gasteiger partial charge in [-0.25, -0.2) is 4.57 Å². The first-order valence-corrected chi connectivity index (χ1v) is 31.6. The molecule has 422 valence electrons. The molecule has 3 atom stereocenters. The number of rotatable bonds is 54. The van der Waals surface area contributed by atoms with Gasteiger partial charge in [0, 0.05) is 6.42 Å². The second-order valence-electron chi connectivity index (χ2n) is 21.3. The number of hydrogen-bond acceptors (Lipinski definition) is 5. The Morgan fingerprint density at radius 1 is 0.479 bits per heavy atom. The topological polar surface area (TPSA) is 105 Å². The van der Waals surface area contributed by atoms with Gasteiger partial charge in [0.05, 0.1) is 39.9 Å². The fourth-order valence-corrected chi connectivity index (χ4v) is 9.09. The number of amides is 1. The van der Waals surface area contributed by atoms with Crippen LogP contribution in [0.5, 0.6) is 0 Å². The number of nitrogens with one attached hydrogen (secondary N) is 1. The van der Waals surface area contributed by atoms with E-state index in [4.69, 9.17) is 9.05 Å². The van der Waals surface area contributed by atoms with Gasteiger partial charge in [-0.3, -0.25) is 13.8 Å². The predicted molar refractivity (Wildman–Crippen MR) is 318 cm³/mol. The maximum Gasteiger partial charge on any atom is 0.472 e. The van der Waals surface area contributed by atoms with E-state index in [1.807, 2.05) is 27.2 Å². The van der Waals surface area contributed by atoms with Crippen molar-refractivity contribution < 1.29 is 32.9 Å². The lowest BCUT2D eigenvalue weighted by atomic mass is 10.0. The molecule has 8 nitrogen and oxygen atoms in total. The lowest BCUT2D eigenvalue weighted by Crippen LogP contribution is -2.45. The van der Waals surface area contributed by atoms with Crippen LogP contribution < -0.4 is 5.32 Å². The molecule has 0 fully saturated rings. The van der Waals surface area contributed by atoms with Gasteiger partial charge in [-0.2, -0.15) is 0 Å². The molecule has 0 radical (unpaired) electrons. The summed E-state index contributed by atoms with van der Waals surface area (Å²) in [7, 11) is 1.53. The summed E-state index contributed by atoms with van der Waals surface area (Å²) in [5.74, 6) is -0.213. The SMILES string of the molecule is CC/C=C\C/C=C\C/C=C\C/C=C\C/C=C\C/C=C\CCCCCCC(=O)NC(COP(=O)(O)OCC[N+](C)(C)C)C(O)/C=C/CC/C=C/CCCCCCCCCCCCCCCCCCCCCCCC. The van der Waals surface area contributed by atoms with Gasteiger partial charge >= 0.3 is 7.82 Å². The molecule has 0 heterocycles. The van der Waals surface area contributed by atoms with Crippen LogP contribution >= 0.6 is 7.82 Å². The minimum absolute atomic E-state index is 0.0456. The normalized spacial score (nSPS) is 14.6. The first-order chi connectivity index (χ1) is 35.5. The Kier molecular flexibility index (Phi) is 52.3. The van der Waals surface area contributed by atoms with Crippen LogP contribution in [0.15, 0.2) is 97.2 Å². The maximum atomic E-state index is 13.0. The molecule has 0 aromatic heterocycles. The van der Waals surface area contributed by atoms with Crippen molar-refractivity contribution in [1.29, 1.82) is 0 Å². The summed E-state index contributed by atoms with van der Waals surface area (Å²) >= 11 is 0. The van der Waals surface area contributed by atoms with Crippen LogP contribution in [0.2, 0.25) is 0 Å². The number of hydrogen-bond donors (Lipinski definition) is 3. The Labute approximate surface area is 451 Å². The lowest BCUT2D eigenvalue weighted by molar-refractivity contribution is -0.870. The van der Waals surface area contributed by atoms with Crippen LogP contribution in [-0.2, 0) is 18.4 Å². The molecule has 0 aromatic rings. The van der Waals surface area contributed by atoms with Gasteiger partial charge in [0.1, 0.15) is 13.2 Å². The van der Waals surface area contributed by atoms with E-state index in [2.05, 4.69) is 104 Å². The molecule has 3 unspecified atom stereocenters. The maximum absolute atomic E-state index is 13.0. The number of phosphoric acid groups is 1. The van der Waals surface area contributed by atoms with Gasteiger partial charge in [0.15, 0.2) is 0 Å². The standard InChI is InChI=1S/C64H115N2O6P/c1-6-8-10-12-14-16-18-20-22-24-26-28-30-31-32-33-34-36-37-39-41-43-45-47-49-51-53-55-57-63(67)62(61-72-73(69,70)71-60-59-66(3,4)5)65-64(68)58-56-54-52-50-48-46-44-42-40-38-35-29-27-25-23-21-19-17-15-13-11-9-7-2/h9,11,15,17,21,23,27,29,38,40,44,46-47,49,55,57,62-63,67H,6-8,10,12-14,16,18-20,22,24-26,28,30-37,39,41-43,45,48,50-54,56,58-61H2,1-5H3,(H-,65,68,69,70)/p+1/b11-9-,17-15-,23-21-,29-27-,40-38-,46-44-,49-47+,57-55+. The fourth-order valence-electron chi connectivity index (χ4n) is 8.36. The third-order valence-electron chi connectivity index (χ3n) is 13.0. The van der Waals surface area contributed by atoms with Crippen LogP contribution in [0.1, 0.15) is 251 Å². The predicted octanol–water partition coefficient (Wildman–Crippen LogP) is 18.6. The zero-order valence-electron chi connectivity index (χ0n) is 48.1. The second kappa shape index (κ2) is 54.2. The van der Waals surface area contributed by atoms with Gasteiger partial charge in [0.25, 0.3) is 0 Å². The summed E-state index contributed by atoms with van der Waals surface area (Å²) in [4.78, 5) is 23.3. The van der Waals surface area contributed by atoms with Crippen LogP contribution in [0.4, 0.5) is 0 Å². The Morgan fingerprint density at radius 3 is 1.26 bits per heavy atom. The van der Waals surface area contributed by atoms with Crippen molar-refractivity contribution in [1.82, 2.24) is 5.32 Å². The Hall–Kier alpha value is -2.58. The van der Waals surface area contributed by atoms with Crippen LogP contribution in [0.25, 0.3) is 0 Å². The average Bonchev–Trinajstić information content (AvgIpc) is 3.35. The molecule has 9 heteroatoms. The number of phosphoric ester groups is 1. The molecule has 0 aliphatic heterocycles. The summed E-state index contributed by atoms with van der Waals surface area (Å²) in [5.41, 5.74) is 0. The third kappa shape index (κ3) is 57.0. The highest BCUT2D eigenvalue weighted by molar-refractivity contribution is 7.47. The zero-order chi connectivity index (χ0) is 53.5. The molecule has 0 aromatic carbocycles. The van der Waals surface area contributed by atoms with Crippen molar-refractivity contribution in [2.45, 2.75) is 264 Å². The number of carbonyl (C=O) groups excluding carboxylic acids is 1. The fraction of sp³-hybridized carbons (Fsp3) is 0.734. The quantitative estimate of drug-likeness (QED) is 0.0243. The summed E-state index contributed by atoms with van der Waals surface area (Å²) < 4.78 is 23.7. The van der Waals surface area contributed by atoms with Crippen molar-refractivity contribution in [3.05, 3.63) is 97.2 Å². The molecule has 0 saturated heterocycles. The Balaban J connectivity index is 4.29. The smallest absolute Gasteiger partial charge is 0.387 e. The van der Waals surface area contributed by atoms with Crippen molar-refractivity contribution >= 4 is 13.7 Å². The molecule has 0 aliphatic carbocycles. The minimum atomic E-state index is -4.37. The number of aliphatic hydroxyl groups excluding tert-OH is 1. The number of quaternary nitrogens is 1. The van der Waals surface area contributed by atoms with E-state index in [9.17, 15) is 19.4 Å². The third-order valence-corrected chi connectivity index (χ3v) is 14.0. The van der Waals surface area contributed by atoms with E-state index < -0.39 is 20.0 Å². The molecular formula is C64H116N2O6P+. The number of nitrogens with zero attached hydrogens (tertiary/aromatic N) is 1. The van der Waals surface area contributed by atoms with Crippen LogP contribution in [-0.4, -0.2) is 73.4 Å². The van der Waals surface area contributed by atoms with Gasteiger partial charge < -0.3 is 19.8 Å². The summed E-state index contributed by atoms with van der Waals surface area (Å²) in [6.45, 7) is 4.67. The molecule has 3 N–H and O–H groups in total. The molecule has 0 bridgehead atoms. The lowest BCUT2D eigenvalue weighted by Gasteiger charge is -2.25. The van der Waals surface area contributed by atoms with Crippen LogP contribution in [0.3, 0.4) is 0 Å². The molecule has 0 aliphatic rings. The van der Waals surface area contributed by atoms with Gasteiger partial charge in [-0.1, -0.05) is 259 Å². The van der Waals surface area contributed by atoms with E-state index in [0.717, 1.165) is 89.9 Å². The average molecular weight is 1040 g/mol.